The second kappa shape index (κ2) is 4.53. The van der Waals surface area contributed by atoms with Crippen LogP contribution in [0.15, 0.2) is 21.6 Å². The van der Waals surface area contributed by atoms with Crippen LogP contribution in [0.5, 0.6) is 0 Å². The van der Waals surface area contributed by atoms with Gasteiger partial charge >= 0.3 is 0 Å². The van der Waals surface area contributed by atoms with Gasteiger partial charge in [0, 0.05) is 6.92 Å². The highest BCUT2D eigenvalue weighted by atomic mass is 32.2. The van der Waals surface area contributed by atoms with Crippen LogP contribution >= 0.6 is 0 Å². The molecular weight excluding hydrogens is 287 g/mol. The maximum absolute atomic E-state index is 13.0. The van der Waals surface area contributed by atoms with Crippen LogP contribution in [0.4, 0.5) is 19.1 Å². The molecule has 0 saturated carbocycles. The number of aryl methyl sites for hydroxylation is 1. The van der Waals surface area contributed by atoms with Crippen molar-refractivity contribution in [2.24, 2.45) is 0 Å². The highest BCUT2D eigenvalue weighted by molar-refractivity contribution is 7.92. The van der Waals surface area contributed by atoms with Gasteiger partial charge in [0.25, 0.3) is 16.0 Å². The summed E-state index contributed by atoms with van der Waals surface area (Å²) in [6.07, 6.45) is 0. The predicted molar refractivity (Wildman–Crippen MR) is 56.2 cm³/mol. The van der Waals surface area contributed by atoms with Crippen molar-refractivity contribution in [2.75, 3.05) is 4.72 Å². The quantitative estimate of drug-likeness (QED) is 0.869. The maximum atomic E-state index is 13.0. The Hall–Kier alpha value is -2.10. The molecular formula is C9H6F3N3O3S. The van der Waals surface area contributed by atoms with E-state index in [2.05, 4.69) is 14.7 Å². The largest absolute Gasteiger partial charge is 0.338 e. The third kappa shape index (κ3) is 2.67. The molecule has 2 aromatic rings. The van der Waals surface area contributed by atoms with Crippen molar-refractivity contribution in [3.05, 3.63) is 35.5 Å². The lowest BCUT2D eigenvalue weighted by Crippen LogP contribution is -2.15. The fraction of sp³-hybridized carbons (Fsp3) is 0.111. The minimum absolute atomic E-state index is 0.0918. The molecule has 0 fully saturated rings. The van der Waals surface area contributed by atoms with Gasteiger partial charge in [-0.05, 0) is 17.3 Å². The minimum atomic E-state index is -4.34. The number of hydrogen-bond acceptors (Lipinski definition) is 5. The van der Waals surface area contributed by atoms with Crippen LogP contribution in [0.1, 0.15) is 5.89 Å². The molecule has 1 aromatic heterocycles. The van der Waals surface area contributed by atoms with Gasteiger partial charge in [-0.1, -0.05) is 0 Å². The third-order valence-corrected chi connectivity index (χ3v) is 3.33. The van der Waals surface area contributed by atoms with Crippen molar-refractivity contribution in [1.82, 2.24) is 10.1 Å². The van der Waals surface area contributed by atoms with E-state index in [4.69, 9.17) is 0 Å². The Balaban J connectivity index is 2.40. The van der Waals surface area contributed by atoms with E-state index in [1.165, 1.54) is 6.92 Å². The lowest BCUT2D eigenvalue weighted by molar-refractivity contribution is 0.395. The maximum Gasteiger partial charge on any atom is 0.277 e. The van der Waals surface area contributed by atoms with E-state index in [1.807, 2.05) is 4.72 Å². The normalized spacial score (nSPS) is 11.6. The number of nitrogens with zero attached hydrogens (tertiary/aromatic N) is 2. The lowest BCUT2D eigenvalue weighted by Gasteiger charge is -2.05. The Morgan fingerprint density at radius 3 is 2.26 bits per heavy atom. The monoisotopic (exact) mass is 293 g/mol. The Bertz CT molecular complexity index is 706. The molecule has 1 aromatic carbocycles. The topological polar surface area (TPSA) is 85.1 Å². The van der Waals surface area contributed by atoms with Crippen LogP contribution in [-0.2, 0) is 10.0 Å². The van der Waals surface area contributed by atoms with Gasteiger partial charge in [0.05, 0.1) is 4.90 Å². The fourth-order valence-electron chi connectivity index (χ4n) is 1.21. The number of nitrogens with one attached hydrogen (secondary N) is 1. The first-order valence-corrected chi connectivity index (χ1v) is 6.25. The number of halogens is 3. The van der Waals surface area contributed by atoms with Crippen LogP contribution in [-0.4, -0.2) is 18.6 Å². The van der Waals surface area contributed by atoms with Crippen LogP contribution in [0.3, 0.4) is 0 Å². The molecule has 0 amide bonds. The van der Waals surface area contributed by atoms with Crippen LogP contribution in [0, 0.1) is 24.4 Å². The summed E-state index contributed by atoms with van der Waals surface area (Å²) >= 11 is 0. The Labute approximate surface area is 105 Å². The van der Waals surface area contributed by atoms with Crippen molar-refractivity contribution in [2.45, 2.75) is 11.8 Å². The van der Waals surface area contributed by atoms with Gasteiger partial charge in [-0.2, -0.15) is 4.98 Å². The van der Waals surface area contributed by atoms with Crippen LogP contribution in [0.2, 0.25) is 0 Å². The molecule has 0 aliphatic heterocycles. The lowest BCUT2D eigenvalue weighted by atomic mass is 10.3. The SMILES string of the molecule is Cc1nc(NS(=O)(=O)c2cc(F)c(F)c(F)c2)no1. The van der Waals surface area contributed by atoms with E-state index >= 15 is 0 Å². The molecule has 6 nitrogen and oxygen atoms in total. The standard InChI is InChI=1S/C9H6F3N3O3S/c1-4-13-9(14-18-4)15-19(16,17)5-2-6(10)8(12)7(11)3-5/h2-3H,1H3,(H,14,15). The summed E-state index contributed by atoms with van der Waals surface area (Å²) in [4.78, 5) is 2.75. The van der Waals surface area contributed by atoms with Gasteiger partial charge in [0.15, 0.2) is 17.5 Å². The summed E-state index contributed by atoms with van der Waals surface area (Å²) < 4.78 is 68.5. The van der Waals surface area contributed by atoms with Gasteiger partial charge in [0.1, 0.15) is 0 Å². The fourth-order valence-corrected chi connectivity index (χ4v) is 2.17. The van der Waals surface area contributed by atoms with Crippen molar-refractivity contribution in [3.63, 3.8) is 0 Å². The summed E-state index contributed by atoms with van der Waals surface area (Å²) in [7, 11) is -4.34. The van der Waals surface area contributed by atoms with Crippen LogP contribution in [0.25, 0.3) is 0 Å². The first-order chi connectivity index (χ1) is 8.79. The molecule has 0 aliphatic carbocycles. The van der Waals surface area contributed by atoms with E-state index in [0.29, 0.717) is 12.1 Å². The second-order valence-electron chi connectivity index (χ2n) is 3.44. The zero-order valence-corrected chi connectivity index (χ0v) is 10.1. The predicted octanol–water partition coefficient (Wildman–Crippen LogP) is 1.60. The molecule has 0 atom stereocenters. The molecule has 0 radical (unpaired) electrons. The second-order valence-corrected chi connectivity index (χ2v) is 5.13. The molecule has 0 spiro atoms. The Kier molecular flexibility index (Phi) is 3.18. The Morgan fingerprint density at radius 1 is 1.21 bits per heavy atom. The van der Waals surface area contributed by atoms with E-state index in [9.17, 15) is 21.6 Å². The molecule has 0 bridgehead atoms. The van der Waals surface area contributed by atoms with E-state index in [-0.39, 0.29) is 5.89 Å². The summed E-state index contributed by atoms with van der Waals surface area (Å²) in [5, 5.41) is 3.25. The van der Waals surface area contributed by atoms with Crippen molar-refractivity contribution < 1.29 is 26.1 Å². The van der Waals surface area contributed by atoms with E-state index in [0.717, 1.165) is 0 Å². The zero-order valence-electron chi connectivity index (χ0n) is 9.32. The van der Waals surface area contributed by atoms with Crippen molar-refractivity contribution in [3.8, 4) is 0 Å². The first-order valence-electron chi connectivity index (χ1n) is 4.77. The highest BCUT2D eigenvalue weighted by Crippen LogP contribution is 2.19. The number of rotatable bonds is 3. The number of sulfonamides is 1. The van der Waals surface area contributed by atoms with Gasteiger partial charge in [-0.15, -0.1) is 0 Å². The summed E-state index contributed by atoms with van der Waals surface area (Å²) in [5.41, 5.74) is 0. The smallest absolute Gasteiger partial charge is 0.277 e. The first kappa shape index (κ1) is 13.3. The van der Waals surface area contributed by atoms with Crippen molar-refractivity contribution >= 4 is 16.0 Å². The average molecular weight is 293 g/mol. The van der Waals surface area contributed by atoms with Gasteiger partial charge in [0.2, 0.25) is 5.89 Å². The molecule has 19 heavy (non-hydrogen) atoms. The molecule has 2 rings (SSSR count). The Morgan fingerprint density at radius 2 is 1.79 bits per heavy atom. The molecule has 1 heterocycles. The zero-order chi connectivity index (χ0) is 14.2. The van der Waals surface area contributed by atoms with E-state index in [1.54, 1.807) is 0 Å². The van der Waals surface area contributed by atoms with Gasteiger partial charge < -0.3 is 4.52 Å². The molecule has 0 saturated heterocycles. The van der Waals surface area contributed by atoms with Crippen LogP contribution < -0.4 is 4.72 Å². The molecule has 1 N–H and O–H groups in total. The number of benzene rings is 1. The third-order valence-electron chi connectivity index (χ3n) is 2.02. The highest BCUT2D eigenvalue weighted by Gasteiger charge is 2.21. The summed E-state index contributed by atoms with van der Waals surface area (Å²) in [6.45, 7) is 1.42. The summed E-state index contributed by atoms with van der Waals surface area (Å²) in [6, 6.07) is 0.682. The molecule has 102 valence electrons. The molecule has 10 heteroatoms. The molecule has 0 aliphatic rings. The summed E-state index contributed by atoms with van der Waals surface area (Å²) in [5.74, 6) is -5.31. The van der Waals surface area contributed by atoms with Crippen molar-refractivity contribution in [1.29, 1.82) is 0 Å². The van der Waals surface area contributed by atoms with E-state index < -0.39 is 38.3 Å². The van der Waals surface area contributed by atoms with Gasteiger partial charge in [-0.3, -0.25) is 0 Å². The number of aromatic nitrogens is 2. The minimum Gasteiger partial charge on any atom is -0.338 e. The number of hydrogen-bond donors (Lipinski definition) is 1. The average Bonchev–Trinajstić information content (AvgIpc) is 2.70. The van der Waals surface area contributed by atoms with Gasteiger partial charge in [-0.25, -0.2) is 26.3 Å². The number of anilines is 1. The molecule has 0 unspecified atom stereocenters.